The fourth-order valence-electron chi connectivity index (χ4n) is 8.19. The molecule has 4 heteroatoms. The van der Waals surface area contributed by atoms with Crippen molar-refractivity contribution in [2.45, 2.75) is 0 Å². The fraction of sp³-hybridized carbons (Fsp3) is 0. The third-order valence-electron chi connectivity index (χ3n) is 11.2. The van der Waals surface area contributed by atoms with Gasteiger partial charge in [-0.05, 0) is 63.2 Å². The highest BCUT2D eigenvalue weighted by molar-refractivity contribution is 6.14. The average Bonchev–Trinajstić information content (AvgIpc) is 3.74. The monoisotopic (exact) mass is 782 g/mol. The highest BCUT2D eigenvalue weighted by Gasteiger charge is 2.19. The van der Waals surface area contributed by atoms with Crippen molar-refractivity contribution in [3.63, 3.8) is 0 Å². The van der Waals surface area contributed by atoms with E-state index in [1.165, 1.54) is 0 Å². The van der Waals surface area contributed by atoms with Crippen molar-refractivity contribution in [2.75, 3.05) is 0 Å². The van der Waals surface area contributed by atoms with Gasteiger partial charge in [0.25, 0.3) is 0 Å². The molecule has 2 heterocycles. The lowest BCUT2D eigenvalue weighted by atomic mass is 9.97. The molecular formula is C57H38N4. The Hall–Kier alpha value is -8.21. The zero-order chi connectivity index (χ0) is 44.0. The van der Waals surface area contributed by atoms with Crippen LogP contribution in [0.4, 0.5) is 0 Å². The lowest BCUT2D eigenvalue weighted by molar-refractivity contribution is 1.07. The Morgan fingerprint density at radius 1 is 0.328 bits per heavy atom. The van der Waals surface area contributed by atoms with Crippen molar-refractivity contribution in [1.29, 1.82) is 0 Å². The van der Waals surface area contributed by atoms with E-state index in [1.54, 1.807) is 0 Å². The number of nitrogens with zero attached hydrogens (tertiary/aromatic N) is 4. The highest BCUT2D eigenvalue weighted by atomic mass is 15.0. The number of benzene rings is 9. The largest absolute Gasteiger partial charge is 0.309 e. The van der Waals surface area contributed by atoms with Crippen LogP contribution in [0.1, 0.15) is 5.48 Å². The van der Waals surface area contributed by atoms with Crippen LogP contribution in [0.3, 0.4) is 0 Å². The maximum atomic E-state index is 9.33. The van der Waals surface area contributed by atoms with Crippen LogP contribution in [0.5, 0.6) is 0 Å². The van der Waals surface area contributed by atoms with Crippen molar-refractivity contribution in [3.05, 3.63) is 230 Å². The molecule has 0 atom stereocenters. The number of rotatable bonds is 8. The summed E-state index contributed by atoms with van der Waals surface area (Å²) in [7, 11) is 0. The fourth-order valence-corrected chi connectivity index (χ4v) is 8.19. The van der Waals surface area contributed by atoms with E-state index in [9.17, 15) is 2.74 Å². The van der Waals surface area contributed by atoms with Crippen LogP contribution in [0, 0.1) is 0 Å². The van der Waals surface area contributed by atoms with Gasteiger partial charge in [-0.1, -0.05) is 206 Å². The van der Waals surface area contributed by atoms with Crippen LogP contribution < -0.4 is 0 Å². The summed E-state index contributed by atoms with van der Waals surface area (Å²) in [5.74, 6) is 1.51. The van der Waals surface area contributed by atoms with Crippen molar-refractivity contribution in [2.24, 2.45) is 0 Å². The van der Waals surface area contributed by atoms with Gasteiger partial charge >= 0.3 is 0 Å². The van der Waals surface area contributed by atoms with Gasteiger partial charge in [-0.3, -0.25) is 0 Å². The Morgan fingerprint density at radius 2 is 0.770 bits per heavy atom. The van der Waals surface area contributed by atoms with E-state index in [0.29, 0.717) is 39.6 Å². The maximum absolute atomic E-state index is 9.33. The Balaban J connectivity index is 1.10. The molecule has 61 heavy (non-hydrogen) atoms. The smallest absolute Gasteiger partial charge is 0.164 e. The summed E-state index contributed by atoms with van der Waals surface area (Å²) in [6.07, 6.45) is 0. The molecule has 0 aliphatic rings. The topological polar surface area (TPSA) is 43.6 Å². The first-order valence-corrected chi connectivity index (χ1v) is 20.3. The molecule has 0 spiro atoms. The van der Waals surface area contributed by atoms with Crippen molar-refractivity contribution < 1.29 is 5.48 Å². The van der Waals surface area contributed by atoms with E-state index >= 15 is 0 Å². The Morgan fingerprint density at radius 3 is 1.38 bits per heavy atom. The summed E-state index contributed by atoms with van der Waals surface area (Å²) in [5, 5.41) is 1.18. The van der Waals surface area contributed by atoms with Gasteiger partial charge in [-0.2, -0.15) is 0 Å². The molecule has 0 N–H and O–H groups in total. The number of hydrogen-bond donors (Lipinski definition) is 0. The first-order valence-electron chi connectivity index (χ1n) is 22.3. The molecule has 286 valence electrons. The van der Waals surface area contributed by atoms with E-state index in [4.69, 9.17) is 17.7 Å². The van der Waals surface area contributed by atoms with Gasteiger partial charge in [0.05, 0.1) is 16.5 Å². The normalized spacial score (nSPS) is 12.2. The molecule has 2 aromatic heterocycles. The van der Waals surface area contributed by atoms with Crippen molar-refractivity contribution in [1.82, 2.24) is 19.5 Å². The van der Waals surface area contributed by atoms with Gasteiger partial charge in [-0.25, -0.2) is 15.0 Å². The third-order valence-corrected chi connectivity index (χ3v) is 11.2. The summed E-state index contributed by atoms with van der Waals surface area (Å²) in [5.41, 5.74) is 12.7. The minimum absolute atomic E-state index is 0.0839. The second kappa shape index (κ2) is 15.5. The highest BCUT2D eigenvalue weighted by Crippen LogP contribution is 2.40. The van der Waals surface area contributed by atoms with Gasteiger partial charge in [0, 0.05) is 38.7 Å². The predicted molar refractivity (Wildman–Crippen MR) is 252 cm³/mol. The first-order chi connectivity index (χ1) is 31.9. The van der Waals surface area contributed by atoms with Crippen LogP contribution in [0.15, 0.2) is 230 Å². The molecule has 0 aliphatic heterocycles. The third kappa shape index (κ3) is 6.86. The Bertz CT molecular complexity index is 3460. The second-order valence-corrected chi connectivity index (χ2v) is 15.0. The van der Waals surface area contributed by atoms with Crippen LogP contribution in [0.2, 0.25) is 0 Å². The Kier molecular flexibility index (Phi) is 8.07. The predicted octanol–water partition coefficient (Wildman–Crippen LogP) is 14.6. The molecular weight excluding hydrogens is 741 g/mol. The molecule has 0 unspecified atom stereocenters. The van der Waals surface area contributed by atoms with E-state index < -0.39 is 0 Å². The van der Waals surface area contributed by atoms with Crippen molar-refractivity contribution in [3.8, 4) is 84.4 Å². The quantitative estimate of drug-likeness (QED) is 0.154. The summed E-state index contributed by atoms with van der Waals surface area (Å²) in [6, 6.07) is 68.7. The van der Waals surface area contributed by atoms with Crippen LogP contribution in [-0.4, -0.2) is 19.5 Å². The van der Waals surface area contributed by atoms with E-state index in [-0.39, 0.29) is 24.2 Å². The number of para-hydroxylation sites is 2. The van der Waals surface area contributed by atoms with Gasteiger partial charge in [0.15, 0.2) is 17.5 Å². The molecule has 11 rings (SSSR count). The molecule has 0 saturated carbocycles. The SMILES string of the molecule is [2H]c1c([2H])c([2H])c2c(c1[2H])c1cccc(-c3cccc(-c4ccccc4)c3)c1n2-c1cccc(-c2nc(-c3ccc(-c4ccccc4)cc3)nc(-c3ccc(-c4ccccc4)cc3)n2)c1. The van der Waals surface area contributed by atoms with Crippen LogP contribution >= 0.6 is 0 Å². The number of fused-ring (bicyclic) bond motifs is 3. The zero-order valence-electron chi connectivity index (χ0n) is 36.9. The van der Waals surface area contributed by atoms with Gasteiger partial charge in [-0.15, -0.1) is 0 Å². The molecule has 11 aromatic rings. The number of hydrogen-bond acceptors (Lipinski definition) is 3. The molecule has 0 amide bonds. The average molecular weight is 783 g/mol. The Labute approximate surface area is 360 Å². The summed E-state index contributed by atoms with van der Waals surface area (Å²) in [4.78, 5) is 15.3. The molecule has 9 aromatic carbocycles. The molecule has 0 bridgehead atoms. The van der Waals surface area contributed by atoms with Gasteiger partial charge in [0.1, 0.15) is 0 Å². The van der Waals surface area contributed by atoms with Crippen LogP contribution in [0.25, 0.3) is 106 Å². The second-order valence-electron chi connectivity index (χ2n) is 15.0. The number of aromatic nitrogens is 4. The summed E-state index contributed by atoms with van der Waals surface area (Å²) >= 11 is 0. The maximum Gasteiger partial charge on any atom is 0.164 e. The summed E-state index contributed by atoms with van der Waals surface area (Å²) < 4.78 is 38.0. The minimum atomic E-state index is -0.293. The van der Waals surface area contributed by atoms with E-state index in [0.717, 1.165) is 66.5 Å². The minimum Gasteiger partial charge on any atom is -0.309 e. The van der Waals surface area contributed by atoms with Crippen molar-refractivity contribution >= 4 is 21.8 Å². The molecule has 0 saturated heterocycles. The molecule has 4 nitrogen and oxygen atoms in total. The van der Waals surface area contributed by atoms with E-state index in [1.807, 2.05) is 126 Å². The summed E-state index contributed by atoms with van der Waals surface area (Å²) in [6.45, 7) is 0. The first kappa shape index (κ1) is 31.7. The van der Waals surface area contributed by atoms with Crippen LogP contribution in [-0.2, 0) is 0 Å². The van der Waals surface area contributed by atoms with Gasteiger partial charge < -0.3 is 4.57 Å². The van der Waals surface area contributed by atoms with E-state index in [2.05, 4.69) is 84.9 Å². The molecule has 0 aliphatic carbocycles. The standard InChI is InChI=1S/C57H38N4/c1-4-15-39(16-5-1)42-29-33-44(34-30-42)55-58-56(45-35-31-43(32-36-45)40-17-6-2-7-18-40)60-57(59-55)48-23-13-24-49(38-48)61-53-28-11-10-25-51(53)52-27-14-26-50(54(52)61)47-22-12-21-46(37-47)41-19-8-3-9-20-41/h1-38H/i10D,11D,25D,28D. The molecule has 0 fully saturated rings. The lowest BCUT2D eigenvalue weighted by Crippen LogP contribution is -2.01. The van der Waals surface area contributed by atoms with Gasteiger partial charge in [0.2, 0.25) is 0 Å². The lowest BCUT2D eigenvalue weighted by Gasteiger charge is -2.14. The zero-order valence-corrected chi connectivity index (χ0v) is 32.9. The molecule has 0 radical (unpaired) electrons.